The van der Waals surface area contributed by atoms with Gasteiger partial charge in [0.05, 0.1) is 18.6 Å². The van der Waals surface area contributed by atoms with Gasteiger partial charge in [0.25, 0.3) is 0 Å². The van der Waals surface area contributed by atoms with E-state index in [-0.39, 0.29) is 6.04 Å². The maximum absolute atomic E-state index is 5.75. The van der Waals surface area contributed by atoms with Crippen molar-refractivity contribution in [2.24, 2.45) is 0 Å². The minimum atomic E-state index is 0.278. The van der Waals surface area contributed by atoms with E-state index < -0.39 is 0 Å². The van der Waals surface area contributed by atoms with Crippen LogP contribution < -0.4 is 10.1 Å². The summed E-state index contributed by atoms with van der Waals surface area (Å²) >= 11 is 0. The maximum atomic E-state index is 5.75. The summed E-state index contributed by atoms with van der Waals surface area (Å²) in [7, 11) is 0. The van der Waals surface area contributed by atoms with E-state index >= 15 is 0 Å². The molecule has 0 saturated carbocycles. The van der Waals surface area contributed by atoms with Gasteiger partial charge >= 0.3 is 0 Å². The van der Waals surface area contributed by atoms with Crippen molar-refractivity contribution in [3.8, 4) is 5.75 Å². The lowest BCUT2D eigenvalue weighted by molar-refractivity contribution is 0.271. The Balaban J connectivity index is 1.80. The zero-order chi connectivity index (χ0) is 13.5. The molecule has 20 heavy (non-hydrogen) atoms. The number of rotatable bonds is 1. The molecule has 104 valence electrons. The molecule has 0 spiro atoms. The van der Waals surface area contributed by atoms with Gasteiger partial charge in [-0.2, -0.15) is 0 Å². The molecule has 2 aromatic rings. The molecule has 2 unspecified atom stereocenters. The van der Waals surface area contributed by atoms with E-state index in [9.17, 15) is 0 Å². The SMILES string of the molecule is CC1NCCn2c1nnc2C1CCOc2ccccc21. The second kappa shape index (κ2) is 4.59. The third-order valence-electron chi connectivity index (χ3n) is 4.25. The highest BCUT2D eigenvalue weighted by atomic mass is 16.5. The molecule has 5 heteroatoms. The van der Waals surface area contributed by atoms with Gasteiger partial charge in [-0.25, -0.2) is 0 Å². The Bertz CT molecular complexity index is 637. The van der Waals surface area contributed by atoms with E-state index in [1.165, 1.54) is 5.56 Å². The van der Waals surface area contributed by atoms with E-state index in [0.717, 1.165) is 43.5 Å². The fourth-order valence-electron chi connectivity index (χ4n) is 3.23. The number of para-hydroxylation sites is 1. The van der Waals surface area contributed by atoms with Crippen molar-refractivity contribution < 1.29 is 4.74 Å². The predicted octanol–water partition coefficient (Wildman–Crippen LogP) is 1.86. The van der Waals surface area contributed by atoms with E-state index in [4.69, 9.17) is 4.74 Å². The van der Waals surface area contributed by atoms with Crippen LogP contribution in [0.5, 0.6) is 5.75 Å². The first-order chi connectivity index (χ1) is 9.84. The van der Waals surface area contributed by atoms with Crippen LogP contribution in [-0.2, 0) is 6.54 Å². The van der Waals surface area contributed by atoms with Gasteiger partial charge in [-0.3, -0.25) is 0 Å². The lowest BCUT2D eigenvalue weighted by atomic mass is 9.92. The Morgan fingerprint density at radius 3 is 3.05 bits per heavy atom. The molecule has 0 aliphatic carbocycles. The molecule has 2 aliphatic heterocycles. The van der Waals surface area contributed by atoms with Crippen LogP contribution in [0.3, 0.4) is 0 Å². The number of benzene rings is 1. The van der Waals surface area contributed by atoms with Crippen molar-refractivity contribution in [3.05, 3.63) is 41.5 Å². The van der Waals surface area contributed by atoms with Crippen LogP contribution in [-0.4, -0.2) is 27.9 Å². The zero-order valence-electron chi connectivity index (χ0n) is 11.5. The maximum Gasteiger partial charge on any atom is 0.149 e. The summed E-state index contributed by atoms with van der Waals surface area (Å²) in [5.74, 6) is 3.42. The Hall–Kier alpha value is -1.88. The summed E-state index contributed by atoms with van der Waals surface area (Å²) in [6.07, 6.45) is 0.969. The Morgan fingerprint density at radius 2 is 2.10 bits per heavy atom. The summed E-state index contributed by atoms with van der Waals surface area (Å²) < 4.78 is 8.03. The fourth-order valence-corrected chi connectivity index (χ4v) is 3.23. The van der Waals surface area contributed by atoms with Gasteiger partial charge < -0.3 is 14.6 Å². The van der Waals surface area contributed by atoms with Gasteiger partial charge in [0.1, 0.15) is 17.4 Å². The third-order valence-corrected chi connectivity index (χ3v) is 4.25. The van der Waals surface area contributed by atoms with Gasteiger partial charge in [-0.05, 0) is 19.4 Å². The summed E-state index contributed by atoms with van der Waals surface area (Å²) in [6.45, 7) is 4.81. The summed E-state index contributed by atoms with van der Waals surface area (Å²) in [6, 6.07) is 8.55. The Labute approximate surface area is 118 Å². The third kappa shape index (κ3) is 1.73. The lowest BCUT2D eigenvalue weighted by Gasteiger charge is -2.28. The van der Waals surface area contributed by atoms with E-state index in [0.29, 0.717) is 5.92 Å². The molecule has 1 aromatic heterocycles. The van der Waals surface area contributed by atoms with E-state index in [1.807, 2.05) is 12.1 Å². The molecular weight excluding hydrogens is 252 g/mol. The molecule has 0 amide bonds. The molecule has 3 heterocycles. The Morgan fingerprint density at radius 1 is 1.25 bits per heavy atom. The van der Waals surface area contributed by atoms with Crippen molar-refractivity contribution in [1.82, 2.24) is 20.1 Å². The molecule has 1 aromatic carbocycles. The first kappa shape index (κ1) is 11.9. The largest absolute Gasteiger partial charge is 0.493 e. The minimum Gasteiger partial charge on any atom is -0.493 e. The van der Waals surface area contributed by atoms with Gasteiger partial charge in [-0.1, -0.05) is 18.2 Å². The quantitative estimate of drug-likeness (QED) is 0.859. The number of ether oxygens (including phenoxy) is 1. The van der Waals surface area contributed by atoms with Crippen molar-refractivity contribution >= 4 is 0 Å². The highest BCUT2D eigenvalue weighted by Gasteiger charge is 2.30. The van der Waals surface area contributed by atoms with E-state index in [1.54, 1.807) is 0 Å². The fraction of sp³-hybridized carbons (Fsp3) is 0.467. The van der Waals surface area contributed by atoms with Crippen LogP contribution in [0, 0.1) is 0 Å². The second-order valence-corrected chi connectivity index (χ2v) is 5.47. The standard InChI is InChI=1S/C15H18N4O/c1-10-14-17-18-15(19(14)8-7-16-10)12-6-9-20-13-5-3-2-4-11(12)13/h2-5,10,12,16H,6-9H2,1H3. The highest BCUT2D eigenvalue weighted by molar-refractivity contribution is 5.41. The zero-order valence-corrected chi connectivity index (χ0v) is 11.5. The van der Waals surface area contributed by atoms with Crippen LogP contribution in [0.1, 0.15) is 42.5 Å². The predicted molar refractivity (Wildman–Crippen MR) is 74.8 cm³/mol. The first-order valence-corrected chi connectivity index (χ1v) is 7.22. The summed E-state index contributed by atoms with van der Waals surface area (Å²) in [5.41, 5.74) is 1.24. The topological polar surface area (TPSA) is 52.0 Å². The molecule has 0 bridgehead atoms. The van der Waals surface area contributed by atoms with Crippen molar-refractivity contribution in [1.29, 1.82) is 0 Å². The molecule has 1 N–H and O–H groups in total. The van der Waals surface area contributed by atoms with Crippen LogP contribution in [0.4, 0.5) is 0 Å². The summed E-state index contributed by atoms with van der Waals surface area (Å²) in [4.78, 5) is 0. The number of nitrogens with one attached hydrogen (secondary N) is 1. The van der Waals surface area contributed by atoms with Gasteiger partial charge in [0, 0.05) is 18.7 Å². The van der Waals surface area contributed by atoms with Crippen molar-refractivity contribution in [3.63, 3.8) is 0 Å². The number of aromatic nitrogens is 3. The molecular formula is C15H18N4O. The van der Waals surface area contributed by atoms with Crippen LogP contribution in [0.2, 0.25) is 0 Å². The number of hydrogen-bond donors (Lipinski definition) is 1. The average Bonchev–Trinajstić information content (AvgIpc) is 2.92. The molecule has 0 saturated heterocycles. The number of nitrogens with zero attached hydrogens (tertiary/aromatic N) is 3. The molecule has 5 nitrogen and oxygen atoms in total. The van der Waals surface area contributed by atoms with Gasteiger partial charge in [0.2, 0.25) is 0 Å². The molecule has 4 rings (SSSR count). The molecule has 2 aliphatic rings. The van der Waals surface area contributed by atoms with Gasteiger partial charge in [-0.15, -0.1) is 10.2 Å². The average molecular weight is 270 g/mol. The molecule has 2 atom stereocenters. The number of hydrogen-bond acceptors (Lipinski definition) is 4. The van der Waals surface area contributed by atoms with E-state index in [2.05, 4.69) is 39.1 Å². The minimum absolute atomic E-state index is 0.278. The van der Waals surface area contributed by atoms with Crippen LogP contribution >= 0.6 is 0 Å². The van der Waals surface area contributed by atoms with Crippen molar-refractivity contribution in [2.45, 2.75) is 31.8 Å². The van der Waals surface area contributed by atoms with Crippen LogP contribution in [0.15, 0.2) is 24.3 Å². The Kier molecular flexibility index (Phi) is 2.73. The monoisotopic (exact) mass is 270 g/mol. The number of fused-ring (bicyclic) bond motifs is 2. The molecule has 0 fully saturated rings. The molecule has 0 radical (unpaired) electrons. The summed E-state index contributed by atoms with van der Waals surface area (Å²) in [5, 5.41) is 12.3. The lowest BCUT2D eigenvalue weighted by Crippen LogP contribution is -2.33. The normalized spacial score (nSPS) is 24.6. The highest BCUT2D eigenvalue weighted by Crippen LogP contribution is 2.37. The van der Waals surface area contributed by atoms with Gasteiger partial charge in [0.15, 0.2) is 0 Å². The smallest absolute Gasteiger partial charge is 0.149 e. The van der Waals surface area contributed by atoms with Crippen LogP contribution in [0.25, 0.3) is 0 Å². The first-order valence-electron chi connectivity index (χ1n) is 7.22. The second-order valence-electron chi connectivity index (χ2n) is 5.47. The van der Waals surface area contributed by atoms with Crippen molar-refractivity contribution in [2.75, 3.05) is 13.2 Å².